The first-order valence-corrected chi connectivity index (χ1v) is 6.51. The maximum Gasteiger partial charge on any atom is 0.452 e. The number of methoxy groups -OCH3 is 1. The monoisotopic (exact) mass is 321 g/mol. The molecule has 0 unspecified atom stereocenters. The van der Waals surface area contributed by atoms with Gasteiger partial charge in [0.25, 0.3) is 0 Å². The topological polar surface area (TPSA) is 56.5 Å². The summed E-state index contributed by atoms with van der Waals surface area (Å²) in [6.07, 6.45) is -3.28. The van der Waals surface area contributed by atoms with E-state index in [1.165, 1.54) is 19.4 Å². The predicted octanol–water partition coefficient (Wildman–Crippen LogP) is 3.20. The van der Waals surface area contributed by atoms with Crippen molar-refractivity contribution in [3.63, 3.8) is 0 Å². The van der Waals surface area contributed by atoms with Crippen LogP contribution in [0.1, 0.15) is 16.2 Å². The molecule has 0 atom stereocenters. The molecule has 0 aliphatic carbocycles. The number of halogens is 3. The van der Waals surface area contributed by atoms with Gasteiger partial charge in [-0.05, 0) is 35.4 Å². The van der Waals surface area contributed by atoms with Crippen LogP contribution in [0.15, 0.2) is 42.6 Å². The quantitative estimate of drug-likeness (QED) is 0.680. The molecule has 0 saturated carbocycles. The van der Waals surface area contributed by atoms with Gasteiger partial charge in [-0.2, -0.15) is 13.2 Å². The number of nitrogens with zero attached hydrogens (tertiary/aromatic N) is 3. The number of rotatable bonds is 2. The second kappa shape index (κ2) is 5.38. The lowest BCUT2D eigenvalue weighted by atomic mass is 10.1. The van der Waals surface area contributed by atoms with Crippen molar-refractivity contribution in [3.05, 3.63) is 54.0 Å². The molecule has 23 heavy (non-hydrogen) atoms. The van der Waals surface area contributed by atoms with Crippen LogP contribution in [0, 0.1) is 0 Å². The third-order valence-electron chi connectivity index (χ3n) is 3.30. The third kappa shape index (κ3) is 2.75. The Morgan fingerprint density at radius 1 is 1.04 bits per heavy atom. The Morgan fingerprint density at radius 2 is 1.70 bits per heavy atom. The van der Waals surface area contributed by atoms with Crippen molar-refractivity contribution in [1.82, 2.24) is 14.6 Å². The molecule has 0 aliphatic rings. The molecule has 3 rings (SSSR count). The summed E-state index contributed by atoms with van der Waals surface area (Å²) in [5.41, 5.74) is 1.66. The van der Waals surface area contributed by atoms with Gasteiger partial charge in [0.2, 0.25) is 5.82 Å². The van der Waals surface area contributed by atoms with Crippen molar-refractivity contribution < 1.29 is 22.7 Å². The summed E-state index contributed by atoms with van der Waals surface area (Å²) in [4.78, 5) is 11.4. The van der Waals surface area contributed by atoms with Crippen LogP contribution in [0.3, 0.4) is 0 Å². The van der Waals surface area contributed by atoms with Gasteiger partial charge in [-0.15, -0.1) is 10.2 Å². The Kier molecular flexibility index (Phi) is 3.51. The summed E-state index contributed by atoms with van der Waals surface area (Å²) in [7, 11) is 1.27. The van der Waals surface area contributed by atoms with E-state index in [0.717, 1.165) is 4.40 Å². The smallest absolute Gasteiger partial charge is 0.452 e. The Labute approximate surface area is 128 Å². The fourth-order valence-electron chi connectivity index (χ4n) is 2.17. The maximum atomic E-state index is 12.9. The highest BCUT2D eigenvalue weighted by Crippen LogP contribution is 2.29. The number of hydrogen-bond acceptors (Lipinski definition) is 4. The lowest BCUT2D eigenvalue weighted by Crippen LogP contribution is -2.10. The summed E-state index contributed by atoms with van der Waals surface area (Å²) in [5.74, 6) is -1.56. The number of carbonyl (C=O) groups excluding carboxylic acids is 1. The summed E-state index contributed by atoms with van der Waals surface area (Å²) < 4.78 is 44.2. The zero-order valence-electron chi connectivity index (χ0n) is 11.8. The number of fused-ring (bicyclic) bond motifs is 1. The number of pyridine rings is 1. The van der Waals surface area contributed by atoms with Crippen molar-refractivity contribution in [3.8, 4) is 11.1 Å². The van der Waals surface area contributed by atoms with E-state index in [2.05, 4.69) is 14.9 Å². The molecule has 5 nitrogen and oxygen atoms in total. The van der Waals surface area contributed by atoms with Crippen LogP contribution in [0.5, 0.6) is 0 Å². The minimum absolute atomic E-state index is 0.104. The molecule has 2 heterocycles. The molecule has 3 aromatic rings. The fraction of sp³-hybridized carbons (Fsp3) is 0.133. The molecule has 118 valence electrons. The van der Waals surface area contributed by atoms with E-state index in [1.54, 1.807) is 30.3 Å². The summed E-state index contributed by atoms with van der Waals surface area (Å²) in [6, 6.07) is 9.43. The van der Waals surface area contributed by atoms with Gasteiger partial charge in [0, 0.05) is 6.20 Å². The first-order chi connectivity index (χ1) is 10.9. The van der Waals surface area contributed by atoms with Crippen LogP contribution >= 0.6 is 0 Å². The lowest BCUT2D eigenvalue weighted by Gasteiger charge is -2.07. The van der Waals surface area contributed by atoms with Gasteiger partial charge >= 0.3 is 12.1 Å². The molecular formula is C15H10F3N3O2. The molecule has 0 saturated heterocycles. The van der Waals surface area contributed by atoms with Crippen molar-refractivity contribution in [2.45, 2.75) is 6.18 Å². The van der Waals surface area contributed by atoms with Gasteiger partial charge in [0.15, 0.2) is 5.65 Å². The first kappa shape index (κ1) is 15.0. The Bertz CT molecular complexity index is 870. The minimum atomic E-state index is -4.59. The zero-order chi connectivity index (χ0) is 16.6. The summed E-state index contributed by atoms with van der Waals surface area (Å²) >= 11 is 0. The molecule has 0 aliphatic heterocycles. The molecule has 2 aromatic heterocycles. The SMILES string of the molecule is COC(=O)c1ccc(-c2ccc3nnc(C(F)(F)F)n3c2)cc1. The molecule has 0 N–H and O–H groups in total. The molecule has 0 radical (unpaired) electrons. The number of aromatic nitrogens is 3. The van der Waals surface area contributed by atoms with Crippen LogP contribution in [0.2, 0.25) is 0 Å². The molecular weight excluding hydrogens is 311 g/mol. The van der Waals surface area contributed by atoms with E-state index in [-0.39, 0.29) is 5.65 Å². The molecule has 0 spiro atoms. The highest BCUT2D eigenvalue weighted by molar-refractivity contribution is 5.89. The molecule has 8 heteroatoms. The van der Waals surface area contributed by atoms with E-state index < -0.39 is 18.0 Å². The van der Waals surface area contributed by atoms with Crippen LogP contribution < -0.4 is 0 Å². The van der Waals surface area contributed by atoms with Crippen molar-refractivity contribution >= 4 is 11.6 Å². The summed E-state index contributed by atoms with van der Waals surface area (Å²) in [5, 5.41) is 6.68. The van der Waals surface area contributed by atoms with Crippen molar-refractivity contribution in [1.29, 1.82) is 0 Å². The van der Waals surface area contributed by atoms with Gasteiger partial charge in [0.1, 0.15) is 0 Å². The highest BCUT2D eigenvalue weighted by atomic mass is 19.4. The molecule has 0 fully saturated rings. The number of alkyl halides is 3. The molecule has 1 aromatic carbocycles. The largest absolute Gasteiger partial charge is 0.465 e. The van der Waals surface area contributed by atoms with Gasteiger partial charge in [-0.3, -0.25) is 4.40 Å². The van der Waals surface area contributed by atoms with Gasteiger partial charge in [-0.25, -0.2) is 4.79 Å². The number of esters is 1. The highest BCUT2D eigenvalue weighted by Gasteiger charge is 2.36. The second-order valence-electron chi connectivity index (χ2n) is 4.74. The molecule has 0 amide bonds. The van der Waals surface area contributed by atoms with Crippen LogP contribution in [0.25, 0.3) is 16.8 Å². The lowest BCUT2D eigenvalue weighted by molar-refractivity contribution is -0.145. The number of carbonyl (C=O) groups is 1. The van der Waals surface area contributed by atoms with Crippen molar-refractivity contribution in [2.24, 2.45) is 0 Å². The normalized spacial score (nSPS) is 11.7. The Morgan fingerprint density at radius 3 is 2.30 bits per heavy atom. The van der Waals surface area contributed by atoms with Gasteiger partial charge in [-0.1, -0.05) is 12.1 Å². The second-order valence-corrected chi connectivity index (χ2v) is 4.74. The van der Waals surface area contributed by atoms with Gasteiger partial charge in [0.05, 0.1) is 12.7 Å². The zero-order valence-corrected chi connectivity index (χ0v) is 11.8. The van der Waals surface area contributed by atoms with Crippen molar-refractivity contribution in [2.75, 3.05) is 7.11 Å². The van der Waals surface area contributed by atoms with E-state index in [1.807, 2.05) is 0 Å². The van der Waals surface area contributed by atoms with E-state index >= 15 is 0 Å². The molecule has 0 bridgehead atoms. The Balaban J connectivity index is 2.05. The number of benzene rings is 1. The number of hydrogen-bond donors (Lipinski definition) is 0. The summed E-state index contributed by atoms with van der Waals surface area (Å²) in [6.45, 7) is 0. The van der Waals surface area contributed by atoms with Crippen LogP contribution in [-0.4, -0.2) is 27.7 Å². The standard InChI is InChI=1S/C15H10F3N3O2/c1-23-13(22)10-4-2-9(3-5-10)11-6-7-12-19-20-14(15(16,17)18)21(12)8-11/h2-8H,1H3. The minimum Gasteiger partial charge on any atom is -0.465 e. The predicted molar refractivity (Wildman–Crippen MR) is 74.8 cm³/mol. The Hall–Kier alpha value is -2.90. The number of ether oxygens (including phenoxy) is 1. The third-order valence-corrected chi connectivity index (χ3v) is 3.30. The fourth-order valence-corrected chi connectivity index (χ4v) is 2.17. The van der Waals surface area contributed by atoms with E-state index in [9.17, 15) is 18.0 Å². The van der Waals surface area contributed by atoms with Gasteiger partial charge < -0.3 is 4.74 Å². The van der Waals surface area contributed by atoms with E-state index in [4.69, 9.17) is 0 Å². The van der Waals surface area contributed by atoms with E-state index in [0.29, 0.717) is 16.7 Å². The first-order valence-electron chi connectivity index (χ1n) is 6.51. The van der Waals surface area contributed by atoms with Crippen LogP contribution in [0.4, 0.5) is 13.2 Å². The van der Waals surface area contributed by atoms with Crippen LogP contribution in [-0.2, 0) is 10.9 Å². The average Bonchev–Trinajstić information content (AvgIpc) is 2.97. The maximum absolute atomic E-state index is 12.9. The average molecular weight is 321 g/mol.